The Bertz CT molecular complexity index is 4360. The van der Waals surface area contributed by atoms with E-state index >= 15 is 0 Å². The van der Waals surface area contributed by atoms with Gasteiger partial charge in [0, 0.05) is 93.4 Å². The van der Waals surface area contributed by atoms with Gasteiger partial charge in [0.25, 0.3) is 0 Å². The molecule has 0 amide bonds. The standard InChI is InChI=1S/C76H50B2N4S2/c1-7-28-52(29-8-1)79(53-30-9-2-10-31-53)58-46-68-73-70(48-58)83-75-64(77(73)62-42-21-23-44-66(62)81(68)56-36-15-5-16-37-56)50-65-76(72(75)61-41-25-27-51-26-19-20-40-60(51)61)84-71-49-59(80(54-32-11-3-12-33-54)55-34-13-4-14-35-55)47-69-74(71)78(65)63-43-22-24-45-67(63)82(69)57-38-17-6-18-39-57/h1-50H. The maximum absolute atomic E-state index is 2.67. The normalized spacial score (nSPS) is 13.0. The van der Waals surface area contributed by atoms with Crippen LogP contribution in [0.2, 0.25) is 0 Å². The Morgan fingerprint density at radius 3 is 1.10 bits per heavy atom. The number of anilines is 12. The Hall–Kier alpha value is -9.85. The maximum Gasteiger partial charge on any atom is 0.249 e. The quantitative estimate of drug-likeness (QED) is 0.133. The molecule has 0 aliphatic carbocycles. The van der Waals surface area contributed by atoms with Gasteiger partial charge < -0.3 is 19.6 Å². The van der Waals surface area contributed by atoms with Gasteiger partial charge in [0.15, 0.2) is 0 Å². The fourth-order valence-corrected chi connectivity index (χ4v) is 16.6. The van der Waals surface area contributed by atoms with Gasteiger partial charge in [0.05, 0.1) is 0 Å². The largest absolute Gasteiger partial charge is 0.311 e. The molecule has 0 bridgehead atoms. The summed E-state index contributed by atoms with van der Waals surface area (Å²) in [6, 6.07) is 112. The van der Waals surface area contributed by atoms with Crippen molar-refractivity contribution in [2.45, 2.75) is 19.6 Å². The van der Waals surface area contributed by atoms with E-state index in [1.54, 1.807) is 0 Å². The van der Waals surface area contributed by atoms with Crippen LogP contribution >= 0.6 is 23.5 Å². The molecule has 0 aromatic heterocycles. The molecule has 4 aliphatic heterocycles. The Kier molecular flexibility index (Phi) is 11.6. The molecule has 4 aliphatic rings. The van der Waals surface area contributed by atoms with Crippen molar-refractivity contribution in [1.29, 1.82) is 0 Å². The van der Waals surface area contributed by atoms with E-state index in [1.165, 1.54) is 97.0 Å². The first-order valence-electron chi connectivity index (χ1n) is 28.8. The number of hydrogen-bond donors (Lipinski definition) is 0. The lowest BCUT2D eigenvalue weighted by Crippen LogP contribution is -2.64. The highest BCUT2D eigenvalue weighted by Gasteiger charge is 2.47. The van der Waals surface area contributed by atoms with Crippen LogP contribution in [0.1, 0.15) is 0 Å². The van der Waals surface area contributed by atoms with Gasteiger partial charge in [-0.1, -0.05) is 229 Å². The van der Waals surface area contributed by atoms with Crippen molar-refractivity contribution in [2.75, 3.05) is 19.6 Å². The number of hydrogen-bond acceptors (Lipinski definition) is 6. The highest BCUT2D eigenvalue weighted by Crippen LogP contribution is 2.53. The van der Waals surface area contributed by atoms with Crippen molar-refractivity contribution < 1.29 is 0 Å². The SMILES string of the molecule is c1ccc(N(c2ccccc2)c2cc3c4c(c2)N(c2ccccc2)c2ccccc2B4c2cc4c(c(-c5cccc6ccccc56)c2S3)Sc2cc(N(c3ccccc3)c3ccccc3)cc3c2B4c2ccccc2N3c2ccccc2)cc1. The third kappa shape index (κ3) is 7.75. The van der Waals surface area contributed by atoms with Gasteiger partial charge in [0.2, 0.25) is 13.4 Å². The minimum Gasteiger partial charge on any atom is -0.311 e. The van der Waals surface area contributed by atoms with Crippen LogP contribution in [0.4, 0.5) is 68.2 Å². The van der Waals surface area contributed by atoms with E-state index < -0.39 is 0 Å². The van der Waals surface area contributed by atoms with E-state index in [1.807, 2.05) is 23.5 Å². The van der Waals surface area contributed by atoms with E-state index in [2.05, 4.69) is 323 Å². The van der Waals surface area contributed by atoms with Crippen molar-refractivity contribution >= 4 is 149 Å². The Morgan fingerprint density at radius 1 is 0.286 bits per heavy atom. The molecule has 0 N–H and O–H groups in total. The average Bonchev–Trinajstić information content (AvgIpc) is 0.995. The molecule has 4 heterocycles. The molecule has 392 valence electrons. The second kappa shape index (κ2) is 20.0. The molecule has 4 nitrogen and oxygen atoms in total. The second-order valence-corrected chi connectivity index (χ2v) is 24.0. The van der Waals surface area contributed by atoms with E-state index in [0.29, 0.717) is 0 Å². The van der Waals surface area contributed by atoms with Crippen molar-refractivity contribution in [3.05, 3.63) is 303 Å². The molecule has 0 fully saturated rings. The first kappa shape index (κ1) is 48.8. The van der Waals surface area contributed by atoms with Gasteiger partial charge in [-0.3, -0.25) is 0 Å². The summed E-state index contributed by atoms with van der Waals surface area (Å²) in [5.74, 6) is 0. The molecular formula is C76H50B2N4S2. The summed E-state index contributed by atoms with van der Waals surface area (Å²) < 4.78 is 0. The van der Waals surface area contributed by atoms with E-state index in [4.69, 9.17) is 0 Å². The number of fused-ring (bicyclic) bond motifs is 9. The van der Waals surface area contributed by atoms with Crippen LogP contribution < -0.4 is 52.4 Å². The molecule has 0 saturated heterocycles. The lowest BCUT2D eigenvalue weighted by atomic mass is 9.31. The summed E-state index contributed by atoms with van der Waals surface area (Å²) in [4.78, 5) is 15.0. The molecule has 84 heavy (non-hydrogen) atoms. The topological polar surface area (TPSA) is 13.0 Å². The molecule has 17 rings (SSSR count). The maximum atomic E-state index is 2.67. The lowest BCUT2D eigenvalue weighted by Gasteiger charge is -2.44. The molecule has 13 aromatic rings. The molecule has 0 unspecified atom stereocenters. The highest BCUT2D eigenvalue weighted by atomic mass is 32.2. The van der Waals surface area contributed by atoms with E-state index in [9.17, 15) is 0 Å². The zero-order chi connectivity index (χ0) is 55.2. The van der Waals surface area contributed by atoms with Crippen molar-refractivity contribution in [1.82, 2.24) is 0 Å². The number of nitrogens with zero attached hydrogens (tertiary/aromatic N) is 4. The van der Waals surface area contributed by atoms with Gasteiger partial charge in [0.1, 0.15) is 0 Å². The van der Waals surface area contributed by atoms with Crippen molar-refractivity contribution in [3.8, 4) is 11.1 Å². The van der Waals surface area contributed by atoms with Crippen LogP contribution in [0.3, 0.4) is 0 Å². The van der Waals surface area contributed by atoms with E-state index in [0.717, 1.165) is 45.5 Å². The molecule has 0 saturated carbocycles. The minimum atomic E-state index is -0.0874. The minimum absolute atomic E-state index is 0.0874. The van der Waals surface area contributed by atoms with E-state index in [-0.39, 0.29) is 13.4 Å². The first-order valence-corrected chi connectivity index (χ1v) is 30.4. The summed E-state index contributed by atoms with van der Waals surface area (Å²) in [7, 11) is 0. The summed E-state index contributed by atoms with van der Waals surface area (Å²) in [6.45, 7) is -0.175. The molecule has 0 radical (unpaired) electrons. The summed E-state index contributed by atoms with van der Waals surface area (Å²) in [6.07, 6.45) is 0. The molecule has 0 spiro atoms. The van der Waals surface area contributed by atoms with Gasteiger partial charge >= 0.3 is 0 Å². The summed E-state index contributed by atoms with van der Waals surface area (Å²) >= 11 is 3.91. The number of benzene rings is 13. The van der Waals surface area contributed by atoms with Gasteiger partial charge in [-0.2, -0.15) is 0 Å². The molecule has 13 aromatic carbocycles. The third-order valence-electron chi connectivity index (χ3n) is 17.2. The number of rotatable bonds is 9. The van der Waals surface area contributed by atoms with Crippen LogP contribution in [0.15, 0.2) is 323 Å². The van der Waals surface area contributed by atoms with Crippen LogP contribution in [0.5, 0.6) is 0 Å². The molecule has 0 atom stereocenters. The van der Waals surface area contributed by atoms with Crippen LogP contribution in [0, 0.1) is 0 Å². The Labute approximate surface area is 499 Å². The van der Waals surface area contributed by atoms with Gasteiger partial charge in [-0.25, -0.2) is 0 Å². The fourth-order valence-electron chi connectivity index (χ4n) is 13.8. The molecule has 8 heteroatoms. The van der Waals surface area contributed by atoms with Crippen LogP contribution in [0.25, 0.3) is 21.9 Å². The second-order valence-electron chi connectivity index (χ2n) is 21.9. The van der Waals surface area contributed by atoms with Crippen molar-refractivity contribution in [2.24, 2.45) is 0 Å². The predicted molar refractivity (Wildman–Crippen MR) is 359 cm³/mol. The van der Waals surface area contributed by atoms with Gasteiger partial charge in [-0.15, -0.1) is 0 Å². The lowest BCUT2D eigenvalue weighted by molar-refractivity contribution is 1.22. The Morgan fingerprint density at radius 2 is 0.655 bits per heavy atom. The van der Waals surface area contributed by atoms with Crippen LogP contribution in [-0.2, 0) is 0 Å². The zero-order valence-corrected chi connectivity index (χ0v) is 47.3. The average molecular weight is 1110 g/mol. The summed E-state index contributed by atoms with van der Waals surface area (Å²) in [5, 5.41) is 2.47. The monoisotopic (exact) mass is 1100 g/mol. The van der Waals surface area contributed by atoms with Crippen LogP contribution in [-0.4, -0.2) is 13.4 Å². The third-order valence-corrected chi connectivity index (χ3v) is 19.6. The Balaban J connectivity index is 0.981. The smallest absolute Gasteiger partial charge is 0.249 e. The summed E-state index contributed by atoms with van der Waals surface area (Å²) in [5.41, 5.74) is 24.1. The first-order chi connectivity index (χ1) is 41.7. The predicted octanol–water partition coefficient (Wildman–Crippen LogP) is 17.0. The van der Waals surface area contributed by atoms with Gasteiger partial charge in [-0.05, 0) is 147 Å². The fraction of sp³-hybridized carbons (Fsp3) is 0. The number of para-hydroxylation sites is 8. The highest BCUT2D eigenvalue weighted by molar-refractivity contribution is 8.01. The molecular weight excluding hydrogens is 1050 g/mol. The van der Waals surface area contributed by atoms with Crippen molar-refractivity contribution in [3.63, 3.8) is 0 Å². The zero-order valence-electron chi connectivity index (χ0n) is 45.6.